The fourth-order valence-electron chi connectivity index (χ4n) is 1.69. The number of ether oxygens (including phenoxy) is 1. The second-order valence-corrected chi connectivity index (χ2v) is 4.51. The van der Waals surface area contributed by atoms with Gasteiger partial charge in [-0.25, -0.2) is 4.39 Å². The zero-order valence-electron chi connectivity index (χ0n) is 10.4. The van der Waals surface area contributed by atoms with Gasteiger partial charge in [-0.2, -0.15) is 0 Å². The molecule has 2 aromatic carbocycles. The first-order valence-electron chi connectivity index (χ1n) is 5.87. The summed E-state index contributed by atoms with van der Waals surface area (Å²) in [5.74, 6) is 0.0736. The van der Waals surface area contributed by atoms with Gasteiger partial charge in [-0.15, -0.1) is 0 Å². The first kappa shape index (κ1) is 14.3. The molecule has 0 aromatic heterocycles. The molecule has 20 heavy (non-hydrogen) atoms. The van der Waals surface area contributed by atoms with Crippen LogP contribution in [0.3, 0.4) is 0 Å². The van der Waals surface area contributed by atoms with Gasteiger partial charge in [0.05, 0.1) is 16.6 Å². The minimum Gasteiger partial charge on any atom is -0.492 e. The molecule has 0 amide bonds. The molecule has 0 saturated heterocycles. The van der Waals surface area contributed by atoms with E-state index >= 15 is 0 Å². The van der Waals surface area contributed by atoms with Crippen LogP contribution in [0.4, 0.5) is 10.1 Å². The van der Waals surface area contributed by atoms with Gasteiger partial charge in [-0.3, -0.25) is 10.1 Å². The number of rotatable bonds is 5. The van der Waals surface area contributed by atoms with E-state index < -0.39 is 4.92 Å². The summed E-state index contributed by atoms with van der Waals surface area (Å²) < 4.78 is 18.4. The normalized spacial score (nSPS) is 10.3. The third kappa shape index (κ3) is 3.68. The predicted molar refractivity (Wildman–Crippen MR) is 73.7 cm³/mol. The molecule has 0 saturated carbocycles. The van der Waals surface area contributed by atoms with Crippen molar-refractivity contribution in [1.82, 2.24) is 0 Å². The molecule has 0 fully saturated rings. The number of nitro groups is 1. The Morgan fingerprint density at radius 1 is 1.25 bits per heavy atom. The summed E-state index contributed by atoms with van der Waals surface area (Å²) in [6, 6.07) is 10.2. The van der Waals surface area contributed by atoms with Crippen LogP contribution >= 0.6 is 11.6 Å². The molecule has 104 valence electrons. The lowest BCUT2D eigenvalue weighted by Gasteiger charge is -2.08. The second kappa shape index (κ2) is 6.34. The lowest BCUT2D eigenvalue weighted by Crippen LogP contribution is -2.02. The molecule has 0 atom stereocenters. The molecule has 0 unspecified atom stereocenters. The molecule has 0 spiro atoms. The number of non-ortho nitro benzene ring substituents is 1. The Morgan fingerprint density at radius 2 is 2.05 bits per heavy atom. The van der Waals surface area contributed by atoms with Gasteiger partial charge in [-0.1, -0.05) is 23.7 Å². The van der Waals surface area contributed by atoms with Crippen LogP contribution in [0.1, 0.15) is 5.56 Å². The second-order valence-electron chi connectivity index (χ2n) is 4.10. The first-order valence-corrected chi connectivity index (χ1v) is 6.25. The molecular weight excluding hydrogens is 285 g/mol. The van der Waals surface area contributed by atoms with Crippen LogP contribution in [0.2, 0.25) is 5.02 Å². The first-order chi connectivity index (χ1) is 9.56. The van der Waals surface area contributed by atoms with Crippen molar-refractivity contribution in [1.29, 1.82) is 0 Å². The topological polar surface area (TPSA) is 52.4 Å². The highest BCUT2D eigenvalue weighted by Gasteiger charge is 2.10. The quantitative estimate of drug-likeness (QED) is 0.618. The van der Waals surface area contributed by atoms with Gasteiger partial charge in [0, 0.05) is 18.6 Å². The highest BCUT2D eigenvalue weighted by molar-refractivity contribution is 6.32. The lowest BCUT2D eigenvalue weighted by atomic mass is 10.1. The Balaban J connectivity index is 1.96. The molecule has 0 heterocycles. The summed E-state index contributed by atoms with van der Waals surface area (Å²) in [6.45, 7) is 0.307. The minimum atomic E-state index is -0.525. The minimum absolute atomic E-state index is 0.0903. The molecule has 0 N–H and O–H groups in total. The van der Waals surface area contributed by atoms with Crippen LogP contribution in [0.5, 0.6) is 5.75 Å². The molecule has 6 heteroatoms. The van der Waals surface area contributed by atoms with Crippen molar-refractivity contribution >= 4 is 17.3 Å². The SMILES string of the molecule is O=[N+]([O-])c1ccc(OCCc2cccc(F)c2)c(Cl)c1. The maximum Gasteiger partial charge on any atom is 0.271 e. The van der Waals surface area contributed by atoms with Crippen LogP contribution in [0.15, 0.2) is 42.5 Å². The van der Waals surface area contributed by atoms with E-state index in [2.05, 4.69) is 0 Å². The number of nitro benzene ring substituents is 1. The Kier molecular flexibility index (Phi) is 4.53. The zero-order valence-corrected chi connectivity index (χ0v) is 11.1. The Bertz CT molecular complexity index is 634. The van der Waals surface area contributed by atoms with Crippen molar-refractivity contribution in [3.63, 3.8) is 0 Å². The fraction of sp³-hybridized carbons (Fsp3) is 0.143. The molecule has 2 rings (SSSR count). The number of nitrogens with zero attached hydrogens (tertiary/aromatic N) is 1. The summed E-state index contributed by atoms with van der Waals surface area (Å²) in [4.78, 5) is 10.0. The summed E-state index contributed by atoms with van der Waals surface area (Å²) in [6.07, 6.45) is 0.519. The van der Waals surface area contributed by atoms with Crippen LogP contribution in [-0.4, -0.2) is 11.5 Å². The van der Waals surface area contributed by atoms with Gasteiger partial charge in [0.25, 0.3) is 5.69 Å². The zero-order chi connectivity index (χ0) is 14.5. The van der Waals surface area contributed by atoms with Gasteiger partial charge in [0.1, 0.15) is 11.6 Å². The van der Waals surface area contributed by atoms with Crippen molar-refractivity contribution in [2.45, 2.75) is 6.42 Å². The monoisotopic (exact) mass is 295 g/mol. The van der Waals surface area contributed by atoms with Crippen molar-refractivity contribution in [3.05, 3.63) is 69.0 Å². The van der Waals surface area contributed by atoms with Crippen molar-refractivity contribution in [2.75, 3.05) is 6.61 Å². The molecule has 0 bridgehead atoms. The van der Waals surface area contributed by atoms with Crippen LogP contribution in [-0.2, 0) is 6.42 Å². The van der Waals surface area contributed by atoms with E-state index in [0.29, 0.717) is 18.8 Å². The number of hydrogen-bond acceptors (Lipinski definition) is 3. The number of hydrogen-bond donors (Lipinski definition) is 0. The molecule has 0 radical (unpaired) electrons. The molecule has 0 aliphatic carbocycles. The van der Waals surface area contributed by atoms with Crippen LogP contribution < -0.4 is 4.74 Å². The lowest BCUT2D eigenvalue weighted by molar-refractivity contribution is -0.384. The van der Waals surface area contributed by atoms with Gasteiger partial charge < -0.3 is 4.74 Å². The van der Waals surface area contributed by atoms with E-state index in [1.54, 1.807) is 12.1 Å². The van der Waals surface area contributed by atoms with Crippen LogP contribution in [0, 0.1) is 15.9 Å². The van der Waals surface area contributed by atoms with E-state index in [0.717, 1.165) is 5.56 Å². The highest BCUT2D eigenvalue weighted by atomic mass is 35.5. The Hall–Kier alpha value is -2.14. The summed E-state index contributed by atoms with van der Waals surface area (Å²) in [5.41, 5.74) is 0.718. The van der Waals surface area contributed by atoms with E-state index in [9.17, 15) is 14.5 Å². The largest absolute Gasteiger partial charge is 0.492 e. The molecule has 0 aliphatic heterocycles. The van der Waals surface area contributed by atoms with Crippen LogP contribution in [0.25, 0.3) is 0 Å². The Morgan fingerprint density at radius 3 is 2.70 bits per heavy atom. The van der Waals surface area contributed by atoms with E-state index in [1.165, 1.54) is 30.3 Å². The average molecular weight is 296 g/mol. The van der Waals surface area contributed by atoms with Crippen molar-refractivity contribution in [3.8, 4) is 5.75 Å². The van der Waals surface area contributed by atoms with Gasteiger partial charge >= 0.3 is 0 Å². The number of halogens is 2. The smallest absolute Gasteiger partial charge is 0.271 e. The summed E-state index contributed by atoms with van der Waals surface area (Å²) >= 11 is 5.89. The third-order valence-corrected chi connectivity index (χ3v) is 2.96. The van der Waals surface area contributed by atoms with E-state index in [1.807, 2.05) is 0 Å². The molecule has 0 aliphatic rings. The maximum absolute atomic E-state index is 13.0. The van der Waals surface area contributed by atoms with E-state index in [4.69, 9.17) is 16.3 Å². The third-order valence-electron chi connectivity index (χ3n) is 2.66. The van der Waals surface area contributed by atoms with Gasteiger partial charge in [0.15, 0.2) is 0 Å². The molecule has 4 nitrogen and oxygen atoms in total. The highest BCUT2D eigenvalue weighted by Crippen LogP contribution is 2.28. The Labute approximate surface area is 119 Å². The van der Waals surface area contributed by atoms with Gasteiger partial charge in [-0.05, 0) is 23.8 Å². The van der Waals surface area contributed by atoms with Crippen molar-refractivity contribution < 1.29 is 14.1 Å². The number of benzene rings is 2. The standard InChI is InChI=1S/C14H11ClFNO3/c15-13-9-12(17(18)19)4-5-14(13)20-7-6-10-2-1-3-11(16)8-10/h1-5,8-9H,6-7H2. The summed E-state index contributed by atoms with van der Waals surface area (Å²) in [7, 11) is 0. The maximum atomic E-state index is 13.0. The summed E-state index contributed by atoms with van der Waals surface area (Å²) in [5, 5.41) is 10.7. The fourth-order valence-corrected chi connectivity index (χ4v) is 1.92. The predicted octanol–water partition coefficient (Wildman–Crippen LogP) is 4.01. The molecular formula is C14H11ClFNO3. The van der Waals surface area contributed by atoms with Gasteiger partial charge in [0.2, 0.25) is 0 Å². The molecule has 2 aromatic rings. The average Bonchev–Trinajstić information content (AvgIpc) is 2.40. The van der Waals surface area contributed by atoms with E-state index in [-0.39, 0.29) is 16.5 Å². The van der Waals surface area contributed by atoms with Crippen molar-refractivity contribution in [2.24, 2.45) is 0 Å².